The van der Waals surface area contributed by atoms with Crippen molar-refractivity contribution >= 4 is 39.9 Å². The lowest BCUT2D eigenvalue weighted by atomic mass is 9.96. The Bertz CT molecular complexity index is 1380. The zero-order valence-electron chi connectivity index (χ0n) is 21.0. The molecular formula is C28H27N3O6S. The first-order valence-corrected chi connectivity index (χ1v) is 12.9. The summed E-state index contributed by atoms with van der Waals surface area (Å²) in [6.07, 6.45) is 6.44. The van der Waals surface area contributed by atoms with Gasteiger partial charge in [0.2, 0.25) is 0 Å². The lowest BCUT2D eigenvalue weighted by Gasteiger charge is -2.22. The van der Waals surface area contributed by atoms with Crippen LogP contribution in [0.3, 0.4) is 0 Å². The van der Waals surface area contributed by atoms with Crippen LogP contribution in [0, 0.1) is 6.92 Å². The molecule has 0 saturated carbocycles. The number of esters is 1. The van der Waals surface area contributed by atoms with Crippen molar-refractivity contribution in [1.82, 2.24) is 9.97 Å². The molecule has 4 rings (SSSR count). The molecular weight excluding hydrogens is 506 g/mol. The van der Waals surface area contributed by atoms with Crippen LogP contribution < -0.4 is 9.64 Å². The number of rotatable bonds is 10. The molecule has 1 N–H and O–H groups in total. The molecule has 2 aromatic heterocycles. The van der Waals surface area contributed by atoms with Gasteiger partial charge in [-0.25, -0.2) is 9.78 Å². The second-order valence-corrected chi connectivity index (χ2v) is 9.46. The van der Waals surface area contributed by atoms with Gasteiger partial charge < -0.3 is 14.6 Å². The summed E-state index contributed by atoms with van der Waals surface area (Å²) in [5, 5.41) is 11.4. The number of ketones is 1. The monoisotopic (exact) mass is 533 g/mol. The number of aryl methyl sites for hydroxylation is 1. The number of benzene rings is 1. The minimum atomic E-state index is -1.01. The van der Waals surface area contributed by atoms with Crippen molar-refractivity contribution in [3.8, 4) is 5.75 Å². The summed E-state index contributed by atoms with van der Waals surface area (Å²) in [5.74, 6) is -2.06. The highest BCUT2D eigenvalue weighted by molar-refractivity contribution is 7.17. The first kappa shape index (κ1) is 26.7. The van der Waals surface area contributed by atoms with Crippen molar-refractivity contribution in [3.63, 3.8) is 0 Å². The van der Waals surface area contributed by atoms with E-state index in [1.807, 2.05) is 0 Å². The summed E-state index contributed by atoms with van der Waals surface area (Å²) in [6, 6.07) is 9.02. The van der Waals surface area contributed by atoms with E-state index in [9.17, 15) is 19.5 Å². The van der Waals surface area contributed by atoms with Crippen molar-refractivity contribution in [1.29, 1.82) is 0 Å². The van der Waals surface area contributed by atoms with Crippen LogP contribution in [0.4, 0.5) is 5.13 Å². The smallest absolute Gasteiger partial charge is 0.350 e. The van der Waals surface area contributed by atoms with Crippen LogP contribution in [0.2, 0.25) is 0 Å². The third kappa shape index (κ3) is 5.35. The lowest BCUT2D eigenvalue weighted by Crippen LogP contribution is -2.29. The second-order valence-electron chi connectivity index (χ2n) is 8.48. The standard InChI is InChI=1S/C28H27N3O6S/c1-4-6-15-36-20-11-9-18(10-12-20)23(32)21-22(19-8-7-13-29-16-19)31(26(34)24(21)33)28-30-17(3)25(38-28)27(35)37-14-5-2/h5,7-13,16,22,32H,2,4,6,14-15H2,1,3H3/t22-/m1/s1. The molecule has 38 heavy (non-hydrogen) atoms. The number of unbranched alkanes of at least 4 members (excludes halogenated alkanes) is 1. The van der Waals surface area contributed by atoms with Gasteiger partial charge in [0.15, 0.2) is 5.13 Å². The molecule has 3 heterocycles. The number of thiazole rings is 1. The van der Waals surface area contributed by atoms with E-state index in [0.29, 0.717) is 29.2 Å². The van der Waals surface area contributed by atoms with E-state index in [1.165, 1.54) is 17.2 Å². The van der Waals surface area contributed by atoms with Gasteiger partial charge in [-0.15, -0.1) is 0 Å². The molecule has 0 spiro atoms. The number of nitrogens with zero attached hydrogens (tertiary/aromatic N) is 3. The highest BCUT2D eigenvalue weighted by Crippen LogP contribution is 2.43. The van der Waals surface area contributed by atoms with Gasteiger partial charge in [0, 0.05) is 18.0 Å². The third-order valence-electron chi connectivity index (χ3n) is 5.85. The number of carbonyl (C=O) groups is 3. The highest BCUT2D eigenvalue weighted by atomic mass is 32.1. The summed E-state index contributed by atoms with van der Waals surface area (Å²) < 4.78 is 10.8. The number of Topliss-reactive ketones (excluding diaryl/α,β-unsaturated/α-hetero) is 1. The van der Waals surface area contributed by atoms with Gasteiger partial charge >= 0.3 is 11.9 Å². The Balaban J connectivity index is 1.77. The van der Waals surface area contributed by atoms with Crippen LogP contribution >= 0.6 is 11.3 Å². The maximum absolute atomic E-state index is 13.3. The second kappa shape index (κ2) is 11.8. The molecule has 1 aliphatic heterocycles. The van der Waals surface area contributed by atoms with Gasteiger partial charge in [0.1, 0.15) is 23.0 Å². The zero-order chi connectivity index (χ0) is 27.2. The van der Waals surface area contributed by atoms with Gasteiger partial charge in [-0.3, -0.25) is 19.5 Å². The summed E-state index contributed by atoms with van der Waals surface area (Å²) in [6.45, 7) is 7.81. The van der Waals surface area contributed by atoms with E-state index in [0.717, 1.165) is 24.2 Å². The van der Waals surface area contributed by atoms with Crippen LogP contribution in [0.25, 0.3) is 5.76 Å². The number of pyridine rings is 1. The van der Waals surface area contributed by atoms with Gasteiger partial charge in [-0.1, -0.05) is 43.4 Å². The molecule has 10 heteroatoms. The SMILES string of the molecule is C=CCOC(=O)c1sc(N2C(=O)C(=O)C(=C(O)c3ccc(OCCCC)cc3)[C@H]2c2cccnc2)nc1C. The molecule has 1 aromatic carbocycles. The van der Waals surface area contributed by atoms with Crippen molar-refractivity contribution in [2.24, 2.45) is 0 Å². The summed E-state index contributed by atoms with van der Waals surface area (Å²) in [7, 11) is 0. The van der Waals surface area contributed by atoms with E-state index >= 15 is 0 Å². The predicted octanol–water partition coefficient (Wildman–Crippen LogP) is 4.99. The summed E-state index contributed by atoms with van der Waals surface area (Å²) >= 11 is 0.932. The number of hydrogen-bond acceptors (Lipinski definition) is 9. The average Bonchev–Trinajstić information content (AvgIpc) is 3.44. The molecule has 196 valence electrons. The first-order valence-electron chi connectivity index (χ1n) is 12.1. The van der Waals surface area contributed by atoms with E-state index in [4.69, 9.17) is 9.47 Å². The number of ether oxygens (including phenoxy) is 2. The van der Waals surface area contributed by atoms with Gasteiger partial charge in [0.25, 0.3) is 5.78 Å². The first-order chi connectivity index (χ1) is 18.4. The average molecular weight is 534 g/mol. The van der Waals surface area contributed by atoms with E-state index < -0.39 is 23.7 Å². The number of aliphatic hydroxyl groups is 1. The normalized spacial score (nSPS) is 16.5. The predicted molar refractivity (Wildman–Crippen MR) is 143 cm³/mol. The largest absolute Gasteiger partial charge is 0.507 e. The Kier molecular flexibility index (Phi) is 8.32. The fraction of sp³-hybridized carbons (Fsp3) is 0.250. The fourth-order valence-corrected chi connectivity index (χ4v) is 4.94. The Hall–Kier alpha value is -4.31. The van der Waals surface area contributed by atoms with E-state index in [2.05, 4.69) is 23.5 Å². The number of aliphatic hydroxyl groups excluding tert-OH is 1. The highest BCUT2D eigenvalue weighted by Gasteiger charge is 2.48. The maximum Gasteiger partial charge on any atom is 0.350 e. The third-order valence-corrected chi connectivity index (χ3v) is 6.98. The molecule has 1 fully saturated rings. The van der Waals surface area contributed by atoms with Gasteiger partial charge in [0.05, 0.1) is 23.9 Å². The van der Waals surface area contributed by atoms with Crippen LogP contribution in [-0.4, -0.2) is 45.9 Å². The lowest BCUT2D eigenvalue weighted by molar-refractivity contribution is -0.132. The molecule has 1 amide bonds. The Labute approximate surface area is 224 Å². The topological polar surface area (TPSA) is 119 Å². The van der Waals surface area contributed by atoms with E-state index in [1.54, 1.807) is 49.5 Å². The Morgan fingerprint density at radius 1 is 1.24 bits per heavy atom. The number of carbonyl (C=O) groups excluding carboxylic acids is 3. The van der Waals surface area contributed by atoms with Crippen LogP contribution in [-0.2, 0) is 14.3 Å². The summed E-state index contributed by atoms with van der Waals surface area (Å²) in [4.78, 5) is 49.0. The molecule has 1 aliphatic rings. The molecule has 0 radical (unpaired) electrons. The molecule has 0 bridgehead atoms. The van der Waals surface area contributed by atoms with Crippen molar-refractivity contribution < 1.29 is 29.0 Å². The summed E-state index contributed by atoms with van der Waals surface area (Å²) in [5.41, 5.74) is 1.09. The minimum Gasteiger partial charge on any atom is -0.507 e. The number of aromatic nitrogens is 2. The Morgan fingerprint density at radius 3 is 2.66 bits per heavy atom. The Morgan fingerprint density at radius 2 is 2.00 bits per heavy atom. The van der Waals surface area contributed by atoms with Gasteiger partial charge in [-0.05, 0) is 49.2 Å². The van der Waals surface area contributed by atoms with E-state index in [-0.39, 0.29) is 27.9 Å². The molecule has 0 unspecified atom stereocenters. The minimum absolute atomic E-state index is 0.0220. The van der Waals surface area contributed by atoms with Crippen LogP contribution in [0.1, 0.15) is 52.3 Å². The van der Waals surface area contributed by atoms with Crippen molar-refractivity contribution in [2.45, 2.75) is 32.7 Å². The van der Waals surface area contributed by atoms with Crippen LogP contribution in [0.5, 0.6) is 5.75 Å². The van der Waals surface area contributed by atoms with Crippen molar-refractivity contribution in [3.05, 3.63) is 88.7 Å². The molecule has 1 saturated heterocycles. The molecule has 9 nitrogen and oxygen atoms in total. The molecule has 0 aliphatic carbocycles. The number of hydrogen-bond donors (Lipinski definition) is 1. The fourth-order valence-electron chi connectivity index (χ4n) is 3.96. The molecule has 3 aromatic rings. The number of amides is 1. The number of anilines is 1. The van der Waals surface area contributed by atoms with Gasteiger partial charge in [-0.2, -0.15) is 0 Å². The molecule has 1 atom stereocenters. The quantitative estimate of drug-likeness (QED) is 0.0966. The maximum atomic E-state index is 13.3. The van der Waals surface area contributed by atoms with Crippen molar-refractivity contribution in [2.75, 3.05) is 18.1 Å². The van der Waals surface area contributed by atoms with Crippen LogP contribution in [0.15, 0.2) is 67.0 Å². The zero-order valence-corrected chi connectivity index (χ0v) is 21.9.